The lowest BCUT2D eigenvalue weighted by atomic mass is 10.2. The van der Waals surface area contributed by atoms with Gasteiger partial charge in [-0.1, -0.05) is 0 Å². The molecule has 0 aliphatic heterocycles. The fourth-order valence-corrected chi connectivity index (χ4v) is 0.850. The molecular weight excluding hydrogens is 154 g/mol. The van der Waals surface area contributed by atoms with Crippen LogP contribution in [0.25, 0.3) is 0 Å². The fourth-order valence-electron chi connectivity index (χ4n) is 0.850. The molecule has 1 rings (SSSR count). The van der Waals surface area contributed by atoms with Crippen LogP contribution in [0.15, 0.2) is 24.3 Å². The molecule has 4 nitrogen and oxygen atoms in total. The minimum Gasteiger partial charge on any atom is -0.358 e. The summed E-state index contributed by atoms with van der Waals surface area (Å²) in [5.74, 6) is 0. The van der Waals surface area contributed by atoms with Gasteiger partial charge in [0.05, 0.1) is 0 Å². The van der Waals surface area contributed by atoms with Crippen molar-refractivity contribution in [3.63, 3.8) is 0 Å². The third-order valence-corrected chi connectivity index (χ3v) is 1.38. The molecule has 0 atom stereocenters. The molecule has 0 amide bonds. The molecule has 12 heavy (non-hydrogen) atoms. The molecule has 0 saturated heterocycles. The van der Waals surface area contributed by atoms with Crippen molar-refractivity contribution in [1.82, 2.24) is 0 Å². The average Bonchev–Trinajstić information content (AvgIpc) is 2.05. The van der Waals surface area contributed by atoms with Crippen LogP contribution in [0.4, 0.5) is 5.69 Å². The van der Waals surface area contributed by atoms with E-state index in [1.165, 1.54) is 0 Å². The second kappa shape index (κ2) is 3.85. The van der Waals surface area contributed by atoms with E-state index in [-0.39, 0.29) is 0 Å². The molecule has 4 heteroatoms. The van der Waals surface area contributed by atoms with Gasteiger partial charge in [0.1, 0.15) is 12.6 Å². The van der Waals surface area contributed by atoms with Crippen molar-refractivity contribution < 1.29 is 4.79 Å². The topological polar surface area (TPSA) is 81.1 Å². The number of benzene rings is 1. The number of hydrogen-bond donors (Lipinski definition) is 3. The lowest BCUT2D eigenvalue weighted by molar-refractivity contribution is 0.112. The van der Waals surface area contributed by atoms with Gasteiger partial charge in [-0.05, 0) is 24.3 Å². The summed E-state index contributed by atoms with van der Waals surface area (Å²) in [6, 6.07) is 6.88. The normalized spacial score (nSPS) is 9.92. The van der Waals surface area contributed by atoms with Crippen molar-refractivity contribution in [3.8, 4) is 0 Å². The van der Waals surface area contributed by atoms with Crippen LogP contribution in [0.1, 0.15) is 10.4 Å². The van der Waals surface area contributed by atoms with Crippen LogP contribution in [0.3, 0.4) is 0 Å². The predicted octanol–water partition coefficient (Wildman–Crippen LogP) is 0.112. The van der Waals surface area contributed by atoms with Crippen LogP contribution < -0.4 is 16.8 Å². The molecule has 64 valence electrons. The van der Waals surface area contributed by atoms with Crippen molar-refractivity contribution in [2.75, 3.05) is 5.32 Å². The molecule has 0 aliphatic rings. The second-order valence-corrected chi connectivity index (χ2v) is 2.41. The number of nitrogens with one attached hydrogen (secondary N) is 1. The number of hydrogen-bond acceptors (Lipinski definition) is 4. The van der Waals surface area contributed by atoms with Crippen LogP contribution >= 0.6 is 0 Å². The van der Waals surface area contributed by atoms with Gasteiger partial charge >= 0.3 is 0 Å². The third kappa shape index (κ3) is 2.34. The molecule has 0 saturated carbocycles. The highest BCUT2D eigenvalue weighted by molar-refractivity contribution is 5.75. The van der Waals surface area contributed by atoms with Crippen LogP contribution in [0.2, 0.25) is 0 Å². The SMILES string of the molecule is NC(N)Nc1ccc(C=O)cc1. The summed E-state index contributed by atoms with van der Waals surface area (Å²) >= 11 is 0. The smallest absolute Gasteiger partial charge is 0.150 e. The van der Waals surface area contributed by atoms with Gasteiger partial charge in [0, 0.05) is 11.3 Å². The number of carbonyl (C=O) groups is 1. The van der Waals surface area contributed by atoms with Gasteiger partial charge in [0.2, 0.25) is 0 Å². The zero-order valence-electron chi connectivity index (χ0n) is 6.53. The Balaban J connectivity index is 2.71. The van der Waals surface area contributed by atoms with Gasteiger partial charge in [0.15, 0.2) is 0 Å². The summed E-state index contributed by atoms with van der Waals surface area (Å²) in [6.07, 6.45) is 0.207. The molecule has 0 fully saturated rings. The Morgan fingerprint density at radius 2 is 1.83 bits per heavy atom. The minimum absolute atomic E-state index is 0.577. The molecule has 0 aliphatic carbocycles. The molecule has 5 N–H and O–H groups in total. The van der Waals surface area contributed by atoms with Gasteiger partial charge in [-0.15, -0.1) is 0 Å². The zero-order valence-corrected chi connectivity index (χ0v) is 6.53. The number of anilines is 1. The molecule has 0 bridgehead atoms. The van der Waals surface area contributed by atoms with Crippen LogP contribution in [0, 0.1) is 0 Å². The summed E-state index contributed by atoms with van der Waals surface area (Å²) in [4.78, 5) is 10.3. The molecule has 1 aromatic rings. The van der Waals surface area contributed by atoms with Gasteiger partial charge in [-0.3, -0.25) is 16.3 Å². The lowest BCUT2D eigenvalue weighted by Gasteiger charge is -2.08. The molecular formula is C8H11N3O. The van der Waals surface area contributed by atoms with Crippen molar-refractivity contribution in [2.24, 2.45) is 11.5 Å². The molecule has 0 unspecified atom stereocenters. The largest absolute Gasteiger partial charge is 0.358 e. The first kappa shape index (κ1) is 8.70. The van der Waals surface area contributed by atoms with Crippen molar-refractivity contribution in [3.05, 3.63) is 29.8 Å². The van der Waals surface area contributed by atoms with E-state index in [9.17, 15) is 4.79 Å². The molecule has 1 aromatic carbocycles. The third-order valence-electron chi connectivity index (χ3n) is 1.38. The molecule has 0 aromatic heterocycles. The van der Waals surface area contributed by atoms with E-state index < -0.39 is 6.29 Å². The first-order valence-electron chi connectivity index (χ1n) is 3.55. The summed E-state index contributed by atoms with van der Waals surface area (Å²) in [5, 5.41) is 2.80. The highest BCUT2D eigenvalue weighted by Crippen LogP contribution is 2.07. The Kier molecular flexibility index (Phi) is 2.79. The highest BCUT2D eigenvalue weighted by Gasteiger charge is 1.94. The molecule has 0 spiro atoms. The predicted molar refractivity (Wildman–Crippen MR) is 47.6 cm³/mol. The number of nitrogens with two attached hydrogens (primary N) is 2. The zero-order chi connectivity index (χ0) is 8.97. The van der Waals surface area contributed by atoms with Gasteiger partial charge in [-0.25, -0.2) is 0 Å². The fraction of sp³-hybridized carbons (Fsp3) is 0.125. The maximum absolute atomic E-state index is 10.3. The Hall–Kier alpha value is -1.39. The highest BCUT2D eigenvalue weighted by atomic mass is 16.1. The lowest BCUT2D eigenvalue weighted by Crippen LogP contribution is -2.38. The van der Waals surface area contributed by atoms with Crippen LogP contribution in [0.5, 0.6) is 0 Å². The number of aldehydes is 1. The molecule has 0 radical (unpaired) electrons. The minimum atomic E-state index is -0.577. The van der Waals surface area contributed by atoms with E-state index in [0.717, 1.165) is 12.0 Å². The van der Waals surface area contributed by atoms with Crippen molar-refractivity contribution >= 4 is 12.0 Å². The van der Waals surface area contributed by atoms with E-state index in [0.29, 0.717) is 5.56 Å². The van der Waals surface area contributed by atoms with E-state index in [1.54, 1.807) is 24.3 Å². The van der Waals surface area contributed by atoms with Crippen molar-refractivity contribution in [2.45, 2.75) is 6.29 Å². The first-order valence-corrected chi connectivity index (χ1v) is 3.55. The first-order chi connectivity index (χ1) is 5.72. The van der Waals surface area contributed by atoms with E-state index in [4.69, 9.17) is 11.5 Å². The monoisotopic (exact) mass is 165 g/mol. The maximum Gasteiger partial charge on any atom is 0.150 e. The standard InChI is InChI=1S/C8H11N3O/c9-8(10)11-7-3-1-6(5-12)2-4-7/h1-5,8,11H,9-10H2. The summed E-state index contributed by atoms with van der Waals surface area (Å²) < 4.78 is 0. The van der Waals surface area contributed by atoms with Gasteiger partial charge < -0.3 is 5.32 Å². The summed E-state index contributed by atoms with van der Waals surface area (Å²) in [5.41, 5.74) is 12.0. The van der Waals surface area contributed by atoms with Crippen LogP contribution in [-0.4, -0.2) is 12.6 Å². The number of carbonyl (C=O) groups excluding carboxylic acids is 1. The maximum atomic E-state index is 10.3. The number of rotatable bonds is 3. The van der Waals surface area contributed by atoms with Crippen molar-refractivity contribution in [1.29, 1.82) is 0 Å². The van der Waals surface area contributed by atoms with E-state index in [2.05, 4.69) is 5.32 Å². The second-order valence-electron chi connectivity index (χ2n) is 2.41. The Bertz CT molecular complexity index is 256. The Morgan fingerprint density at radius 3 is 2.25 bits per heavy atom. The summed E-state index contributed by atoms with van der Waals surface area (Å²) in [7, 11) is 0. The van der Waals surface area contributed by atoms with Gasteiger partial charge in [-0.2, -0.15) is 0 Å². The van der Waals surface area contributed by atoms with E-state index in [1.807, 2.05) is 0 Å². The Labute approximate surface area is 70.6 Å². The Morgan fingerprint density at radius 1 is 1.25 bits per heavy atom. The van der Waals surface area contributed by atoms with Gasteiger partial charge in [0.25, 0.3) is 0 Å². The quantitative estimate of drug-likeness (QED) is 0.438. The van der Waals surface area contributed by atoms with Crippen LogP contribution in [-0.2, 0) is 0 Å². The van der Waals surface area contributed by atoms with E-state index >= 15 is 0 Å². The molecule has 0 heterocycles. The average molecular weight is 165 g/mol. The summed E-state index contributed by atoms with van der Waals surface area (Å²) in [6.45, 7) is 0.